The van der Waals surface area contributed by atoms with Crippen LogP contribution < -0.4 is 5.32 Å². The Morgan fingerprint density at radius 3 is 1.90 bits per heavy atom. The van der Waals surface area contributed by atoms with Crippen molar-refractivity contribution < 1.29 is 0 Å². The van der Waals surface area contributed by atoms with Crippen LogP contribution >= 0.6 is 0 Å². The minimum atomic E-state index is 0.0932. The molecule has 1 aliphatic heterocycles. The molecule has 1 aliphatic rings. The Morgan fingerprint density at radius 1 is 0.900 bits per heavy atom. The number of rotatable bonds is 3. The molecule has 1 N–H and O–H groups in total. The molecular formula is C19H23N. The van der Waals surface area contributed by atoms with Crippen molar-refractivity contribution in [1.82, 2.24) is 5.32 Å². The molecule has 0 bridgehead atoms. The maximum atomic E-state index is 3.58. The molecule has 1 unspecified atom stereocenters. The Bertz CT molecular complexity index is 487. The van der Waals surface area contributed by atoms with Crippen LogP contribution in [0, 0.1) is 5.92 Å². The fourth-order valence-corrected chi connectivity index (χ4v) is 3.55. The zero-order valence-corrected chi connectivity index (χ0v) is 12.2. The topological polar surface area (TPSA) is 12.0 Å². The molecule has 1 fully saturated rings. The third kappa shape index (κ3) is 2.38. The lowest BCUT2D eigenvalue weighted by atomic mass is 9.65. The molecule has 2 aromatic rings. The second kappa shape index (κ2) is 5.80. The SMILES string of the molecule is CC(c1ccccc1)(c1ccccc1)C1CCCNC1. The van der Waals surface area contributed by atoms with Crippen molar-refractivity contribution >= 4 is 0 Å². The van der Waals surface area contributed by atoms with E-state index in [1.165, 1.54) is 24.0 Å². The van der Waals surface area contributed by atoms with Gasteiger partial charge in [0.15, 0.2) is 0 Å². The number of hydrogen-bond acceptors (Lipinski definition) is 1. The maximum absolute atomic E-state index is 3.58. The highest BCUT2D eigenvalue weighted by Gasteiger charge is 2.37. The molecular weight excluding hydrogens is 242 g/mol. The van der Waals surface area contributed by atoms with Crippen molar-refractivity contribution in [2.24, 2.45) is 5.92 Å². The lowest BCUT2D eigenvalue weighted by Crippen LogP contribution is -2.43. The van der Waals surface area contributed by atoms with Gasteiger partial charge in [0.2, 0.25) is 0 Å². The van der Waals surface area contributed by atoms with Crippen molar-refractivity contribution in [3.63, 3.8) is 0 Å². The molecule has 0 amide bonds. The second-order valence-electron chi connectivity index (χ2n) is 5.98. The predicted octanol–water partition coefficient (Wildman–Crippen LogP) is 3.99. The van der Waals surface area contributed by atoms with Crippen molar-refractivity contribution in [2.75, 3.05) is 13.1 Å². The number of hydrogen-bond donors (Lipinski definition) is 1. The summed E-state index contributed by atoms with van der Waals surface area (Å²) in [6.45, 7) is 4.69. The first-order chi connectivity index (χ1) is 9.82. The molecule has 1 heterocycles. The van der Waals surface area contributed by atoms with Gasteiger partial charge in [0.25, 0.3) is 0 Å². The van der Waals surface area contributed by atoms with Gasteiger partial charge in [-0.05, 0) is 43.0 Å². The Morgan fingerprint density at radius 2 is 1.45 bits per heavy atom. The minimum Gasteiger partial charge on any atom is -0.316 e. The average molecular weight is 265 g/mol. The van der Waals surface area contributed by atoms with E-state index >= 15 is 0 Å². The minimum absolute atomic E-state index is 0.0932. The first-order valence-electron chi connectivity index (χ1n) is 7.63. The zero-order chi connectivity index (χ0) is 13.8. The Kier molecular flexibility index (Phi) is 3.88. The van der Waals surface area contributed by atoms with E-state index in [0.29, 0.717) is 5.92 Å². The van der Waals surface area contributed by atoms with Crippen molar-refractivity contribution in [1.29, 1.82) is 0 Å². The molecule has 1 heteroatoms. The monoisotopic (exact) mass is 265 g/mol. The van der Waals surface area contributed by atoms with Gasteiger partial charge in [-0.3, -0.25) is 0 Å². The lowest BCUT2D eigenvalue weighted by Gasteiger charge is -2.41. The normalized spacial score (nSPS) is 19.8. The molecule has 0 spiro atoms. The molecule has 1 atom stereocenters. The fraction of sp³-hybridized carbons (Fsp3) is 0.368. The standard InChI is InChI=1S/C19H23N/c1-19(16-9-4-2-5-10-16,17-11-6-3-7-12-17)18-13-8-14-20-15-18/h2-7,9-12,18,20H,8,13-15H2,1H3. The molecule has 1 saturated heterocycles. The summed E-state index contributed by atoms with van der Waals surface area (Å²) < 4.78 is 0. The molecule has 20 heavy (non-hydrogen) atoms. The van der Waals surface area contributed by atoms with Crippen LogP contribution in [0.3, 0.4) is 0 Å². The van der Waals surface area contributed by atoms with E-state index in [9.17, 15) is 0 Å². The van der Waals surface area contributed by atoms with Crippen LogP contribution in [0.2, 0.25) is 0 Å². The summed E-state index contributed by atoms with van der Waals surface area (Å²) in [6.07, 6.45) is 2.58. The summed E-state index contributed by atoms with van der Waals surface area (Å²) in [7, 11) is 0. The second-order valence-corrected chi connectivity index (χ2v) is 5.98. The number of benzene rings is 2. The first kappa shape index (κ1) is 13.4. The van der Waals surface area contributed by atoms with Crippen LogP contribution in [0.15, 0.2) is 60.7 Å². The predicted molar refractivity (Wildman–Crippen MR) is 84.9 cm³/mol. The number of piperidine rings is 1. The maximum Gasteiger partial charge on any atom is 0.0214 e. The van der Waals surface area contributed by atoms with E-state index in [2.05, 4.69) is 72.9 Å². The Balaban J connectivity index is 2.07. The van der Waals surface area contributed by atoms with Crippen LogP contribution in [-0.2, 0) is 5.41 Å². The van der Waals surface area contributed by atoms with E-state index < -0.39 is 0 Å². The summed E-state index contributed by atoms with van der Waals surface area (Å²) >= 11 is 0. The van der Waals surface area contributed by atoms with E-state index in [1.807, 2.05) is 0 Å². The molecule has 1 nitrogen and oxygen atoms in total. The van der Waals surface area contributed by atoms with Crippen molar-refractivity contribution in [2.45, 2.75) is 25.2 Å². The zero-order valence-electron chi connectivity index (χ0n) is 12.2. The van der Waals surface area contributed by atoms with Crippen LogP contribution in [0.5, 0.6) is 0 Å². The average Bonchev–Trinajstić information content (AvgIpc) is 2.56. The highest BCUT2D eigenvalue weighted by molar-refractivity contribution is 5.39. The van der Waals surface area contributed by atoms with Gasteiger partial charge in [-0.25, -0.2) is 0 Å². The van der Waals surface area contributed by atoms with E-state index in [1.54, 1.807) is 0 Å². The van der Waals surface area contributed by atoms with Gasteiger partial charge >= 0.3 is 0 Å². The van der Waals surface area contributed by atoms with Crippen LogP contribution in [0.25, 0.3) is 0 Å². The molecule has 3 rings (SSSR count). The molecule has 104 valence electrons. The lowest BCUT2D eigenvalue weighted by molar-refractivity contribution is 0.270. The third-order valence-electron chi connectivity index (χ3n) is 4.86. The van der Waals surface area contributed by atoms with Gasteiger partial charge in [-0.1, -0.05) is 67.6 Å². The van der Waals surface area contributed by atoms with Gasteiger partial charge in [-0.15, -0.1) is 0 Å². The van der Waals surface area contributed by atoms with Crippen LogP contribution in [0.1, 0.15) is 30.9 Å². The van der Waals surface area contributed by atoms with E-state index in [-0.39, 0.29) is 5.41 Å². The summed E-state index contributed by atoms with van der Waals surface area (Å²) in [4.78, 5) is 0. The quantitative estimate of drug-likeness (QED) is 0.884. The molecule has 0 aromatic heterocycles. The van der Waals surface area contributed by atoms with Gasteiger partial charge in [0, 0.05) is 5.41 Å². The number of nitrogens with one attached hydrogen (secondary N) is 1. The summed E-state index contributed by atoms with van der Waals surface area (Å²) in [5, 5.41) is 3.58. The fourth-order valence-electron chi connectivity index (χ4n) is 3.55. The van der Waals surface area contributed by atoms with Crippen molar-refractivity contribution in [3.8, 4) is 0 Å². The van der Waals surface area contributed by atoms with Gasteiger partial charge in [0.05, 0.1) is 0 Å². The molecule has 0 saturated carbocycles. The molecule has 0 aliphatic carbocycles. The van der Waals surface area contributed by atoms with E-state index in [0.717, 1.165) is 13.1 Å². The highest BCUT2D eigenvalue weighted by Crippen LogP contribution is 2.41. The van der Waals surface area contributed by atoms with Crippen LogP contribution in [-0.4, -0.2) is 13.1 Å². The molecule has 2 aromatic carbocycles. The summed E-state index contributed by atoms with van der Waals surface area (Å²) in [6, 6.07) is 22.0. The largest absolute Gasteiger partial charge is 0.316 e. The Labute approximate surface area is 122 Å². The van der Waals surface area contributed by atoms with Crippen molar-refractivity contribution in [3.05, 3.63) is 71.8 Å². The highest BCUT2D eigenvalue weighted by atomic mass is 14.9. The first-order valence-corrected chi connectivity index (χ1v) is 7.63. The van der Waals surface area contributed by atoms with Gasteiger partial charge in [0.1, 0.15) is 0 Å². The third-order valence-corrected chi connectivity index (χ3v) is 4.86. The Hall–Kier alpha value is -1.60. The van der Waals surface area contributed by atoms with Gasteiger partial charge < -0.3 is 5.32 Å². The van der Waals surface area contributed by atoms with E-state index in [4.69, 9.17) is 0 Å². The van der Waals surface area contributed by atoms with Crippen LogP contribution in [0.4, 0.5) is 0 Å². The summed E-state index contributed by atoms with van der Waals surface area (Å²) in [5.41, 5.74) is 2.95. The molecule has 0 radical (unpaired) electrons. The summed E-state index contributed by atoms with van der Waals surface area (Å²) in [5.74, 6) is 0.654. The van der Waals surface area contributed by atoms with Gasteiger partial charge in [-0.2, -0.15) is 0 Å². The smallest absolute Gasteiger partial charge is 0.0214 e.